The van der Waals surface area contributed by atoms with Gasteiger partial charge in [-0.25, -0.2) is 0 Å². The highest BCUT2D eigenvalue weighted by atomic mass is 19.4. The molecule has 0 saturated carbocycles. The molecule has 4 heteroatoms. The van der Waals surface area contributed by atoms with Crippen molar-refractivity contribution in [3.63, 3.8) is 0 Å². The highest BCUT2D eigenvalue weighted by molar-refractivity contribution is 5.32. The van der Waals surface area contributed by atoms with Crippen LogP contribution in [-0.4, -0.2) is 6.54 Å². The zero-order chi connectivity index (χ0) is 14.7. The molecule has 0 radical (unpaired) electrons. The summed E-state index contributed by atoms with van der Waals surface area (Å²) < 4.78 is 39.2. The van der Waals surface area contributed by atoms with E-state index < -0.39 is 11.7 Å². The van der Waals surface area contributed by atoms with Crippen molar-refractivity contribution in [3.8, 4) is 0 Å². The fraction of sp³-hybridized carbons (Fsp3) is 0.600. The first-order valence-corrected chi connectivity index (χ1v) is 6.54. The summed E-state index contributed by atoms with van der Waals surface area (Å²) in [5.74, 6) is 0. The third kappa shape index (κ3) is 4.86. The first-order chi connectivity index (χ1) is 8.65. The molecule has 1 aromatic carbocycles. The maximum Gasteiger partial charge on any atom is 0.416 e. The minimum absolute atomic E-state index is 0.0362. The summed E-state index contributed by atoms with van der Waals surface area (Å²) in [6.07, 6.45) is -3.64. The third-order valence-electron chi connectivity index (χ3n) is 2.91. The normalized spacial score (nSPS) is 14.5. The average molecular weight is 273 g/mol. The second-order valence-corrected chi connectivity index (χ2v) is 5.96. The van der Waals surface area contributed by atoms with E-state index in [1.54, 1.807) is 12.1 Å². The fourth-order valence-corrected chi connectivity index (χ4v) is 2.21. The number of hydrogen-bond acceptors (Lipinski definition) is 1. The highest BCUT2D eigenvalue weighted by Gasteiger charge is 2.35. The summed E-state index contributed by atoms with van der Waals surface area (Å²) in [5, 5.41) is 3.17. The van der Waals surface area contributed by atoms with E-state index in [1.807, 2.05) is 27.7 Å². The van der Waals surface area contributed by atoms with Gasteiger partial charge in [0.1, 0.15) is 0 Å². The van der Waals surface area contributed by atoms with Gasteiger partial charge < -0.3 is 5.32 Å². The van der Waals surface area contributed by atoms with Crippen LogP contribution >= 0.6 is 0 Å². The van der Waals surface area contributed by atoms with Gasteiger partial charge in [0.25, 0.3) is 0 Å². The molecular weight excluding hydrogens is 251 g/mol. The average Bonchev–Trinajstić information content (AvgIpc) is 2.25. The van der Waals surface area contributed by atoms with E-state index in [9.17, 15) is 13.2 Å². The largest absolute Gasteiger partial charge is 0.416 e. The molecule has 1 rings (SSSR count). The van der Waals surface area contributed by atoms with Crippen LogP contribution in [0.4, 0.5) is 13.2 Å². The van der Waals surface area contributed by atoms with Crippen LogP contribution in [0.2, 0.25) is 0 Å². The van der Waals surface area contributed by atoms with Crippen molar-refractivity contribution in [2.24, 2.45) is 5.41 Å². The summed E-state index contributed by atoms with van der Waals surface area (Å²) >= 11 is 0. The fourth-order valence-electron chi connectivity index (χ4n) is 2.21. The van der Waals surface area contributed by atoms with Crippen molar-refractivity contribution < 1.29 is 13.2 Å². The van der Waals surface area contributed by atoms with Crippen molar-refractivity contribution in [2.75, 3.05) is 6.54 Å². The van der Waals surface area contributed by atoms with E-state index >= 15 is 0 Å². The van der Waals surface area contributed by atoms with Gasteiger partial charge in [-0.15, -0.1) is 0 Å². The quantitative estimate of drug-likeness (QED) is 0.831. The molecular formula is C15H22F3N. The van der Waals surface area contributed by atoms with E-state index in [4.69, 9.17) is 0 Å². The summed E-state index contributed by atoms with van der Waals surface area (Å²) in [4.78, 5) is 0. The molecule has 1 nitrogen and oxygen atoms in total. The molecule has 0 saturated heterocycles. The smallest absolute Gasteiger partial charge is 0.310 e. The Morgan fingerprint density at radius 2 is 1.68 bits per heavy atom. The van der Waals surface area contributed by atoms with E-state index in [-0.39, 0.29) is 11.5 Å². The Morgan fingerprint density at radius 1 is 1.11 bits per heavy atom. The third-order valence-corrected chi connectivity index (χ3v) is 2.91. The summed E-state index contributed by atoms with van der Waals surface area (Å²) in [7, 11) is 0. The lowest BCUT2D eigenvalue weighted by molar-refractivity contribution is -0.138. The van der Waals surface area contributed by atoms with Crippen molar-refractivity contribution in [1.29, 1.82) is 0 Å². The van der Waals surface area contributed by atoms with Crippen LogP contribution in [0, 0.1) is 5.41 Å². The number of halogens is 3. The Morgan fingerprint density at radius 3 is 2.16 bits per heavy atom. The molecule has 108 valence electrons. The molecule has 0 heterocycles. The predicted molar refractivity (Wildman–Crippen MR) is 71.9 cm³/mol. The van der Waals surface area contributed by atoms with Gasteiger partial charge in [-0.05, 0) is 30.0 Å². The van der Waals surface area contributed by atoms with Crippen LogP contribution in [0.5, 0.6) is 0 Å². The molecule has 0 bridgehead atoms. The van der Waals surface area contributed by atoms with Gasteiger partial charge in [-0.2, -0.15) is 13.2 Å². The van der Waals surface area contributed by atoms with Crippen molar-refractivity contribution in [3.05, 3.63) is 35.4 Å². The Kier molecular flexibility index (Phi) is 5.02. The lowest BCUT2D eigenvalue weighted by atomic mass is 9.84. The second kappa shape index (κ2) is 5.95. The molecule has 0 aromatic heterocycles. The predicted octanol–water partition coefficient (Wildman–Crippen LogP) is 4.79. The summed E-state index contributed by atoms with van der Waals surface area (Å²) in [6, 6.07) is 5.55. The van der Waals surface area contributed by atoms with Crippen molar-refractivity contribution >= 4 is 0 Å². The van der Waals surface area contributed by atoms with Gasteiger partial charge in [0.05, 0.1) is 5.56 Å². The van der Waals surface area contributed by atoms with E-state index in [0.717, 1.165) is 6.07 Å². The zero-order valence-corrected chi connectivity index (χ0v) is 11.9. The van der Waals surface area contributed by atoms with Gasteiger partial charge in [0.2, 0.25) is 0 Å². The molecule has 0 amide bonds. The van der Waals surface area contributed by atoms with Gasteiger partial charge in [-0.3, -0.25) is 0 Å². The van der Waals surface area contributed by atoms with Crippen molar-refractivity contribution in [1.82, 2.24) is 5.32 Å². The van der Waals surface area contributed by atoms with Crippen LogP contribution in [0.1, 0.15) is 51.3 Å². The first-order valence-electron chi connectivity index (χ1n) is 6.54. The monoisotopic (exact) mass is 273 g/mol. The minimum Gasteiger partial charge on any atom is -0.310 e. The maximum absolute atomic E-state index is 13.1. The van der Waals surface area contributed by atoms with Gasteiger partial charge in [0, 0.05) is 6.04 Å². The van der Waals surface area contributed by atoms with Gasteiger partial charge >= 0.3 is 6.18 Å². The molecule has 1 N–H and O–H groups in total. The Labute approximate surface area is 113 Å². The van der Waals surface area contributed by atoms with E-state index in [1.165, 1.54) is 6.07 Å². The molecule has 1 aromatic rings. The summed E-state index contributed by atoms with van der Waals surface area (Å²) in [6.45, 7) is 8.66. The van der Waals surface area contributed by atoms with Crippen molar-refractivity contribution in [2.45, 2.75) is 46.3 Å². The van der Waals surface area contributed by atoms with Gasteiger partial charge in [0.15, 0.2) is 0 Å². The molecule has 0 aliphatic heterocycles. The molecule has 1 unspecified atom stereocenters. The Hall–Kier alpha value is -1.03. The molecule has 1 atom stereocenters. The van der Waals surface area contributed by atoms with Crippen LogP contribution in [-0.2, 0) is 6.18 Å². The summed E-state index contributed by atoms with van der Waals surface area (Å²) in [5.41, 5.74) is -0.233. The van der Waals surface area contributed by atoms with Crippen LogP contribution in [0.15, 0.2) is 24.3 Å². The molecule has 19 heavy (non-hydrogen) atoms. The number of benzene rings is 1. The number of hydrogen-bond donors (Lipinski definition) is 1. The number of alkyl halides is 3. The highest BCUT2D eigenvalue weighted by Crippen LogP contribution is 2.38. The van der Waals surface area contributed by atoms with E-state index in [0.29, 0.717) is 18.5 Å². The maximum atomic E-state index is 13.1. The molecule has 0 spiro atoms. The Balaban J connectivity index is 3.16. The molecule has 0 aliphatic rings. The van der Waals surface area contributed by atoms with Crippen LogP contribution in [0.3, 0.4) is 0 Å². The zero-order valence-electron chi connectivity index (χ0n) is 11.9. The van der Waals surface area contributed by atoms with Gasteiger partial charge in [-0.1, -0.05) is 45.9 Å². The lowest BCUT2D eigenvalue weighted by Gasteiger charge is -2.29. The topological polar surface area (TPSA) is 12.0 Å². The number of rotatable bonds is 4. The second-order valence-electron chi connectivity index (χ2n) is 5.96. The van der Waals surface area contributed by atoms with Crippen LogP contribution < -0.4 is 5.32 Å². The Bertz CT molecular complexity index is 405. The standard InChI is InChI=1S/C15H22F3N/c1-5-19-13(10-14(2,3)4)11-8-6-7-9-12(11)15(16,17)18/h6-9,13,19H,5,10H2,1-4H3. The minimum atomic E-state index is -4.30. The number of nitrogens with one attached hydrogen (secondary N) is 1. The molecule has 0 aliphatic carbocycles. The molecule has 0 fully saturated rings. The first kappa shape index (κ1) is 16.0. The lowest BCUT2D eigenvalue weighted by Crippen LogP contribution is -2.27. The van der Waals surface area contributed by atoms with Crippen LogP contribution in [0.25, 0.3) is 0 Å². The van der Waals surface area contributed by atoms with E-state index in [2.05, 4.69) is 5.32 Å². The SMILES string of the molecule is CCNC(CC(C)(C)C)c1ccccc1C(F)(F)F.